The average molecular weight is 323 g/mol. The number of nitrogens with one attached hydrogen (secondary N) is 2. The largest absolute Gasteiger partial charge is 0.317 e. The van der Waals surface area contributed by atoms with Gasteiger partial charge in [0.1, 0.15) is 11.6 Å². The second kappa shape index (κ2) is 6.17. The van der Waals surface area contributed by atoms with Crippen molar-refractivity contribution < 1.29 is 4.39 Å². The van der Waals surface area contributed by atoms with Gasteiger partial charge in [-0.2, -0.15) is 0 Å². The first-order valence-electron chi connectivity index (χ1n) is 8.21. The summed E-state index contributed by atoms with van der Waals surface area (Å²) in [5.41, 5.74) is 2.36. The van der Waals surface area contributed by atoms with Gasteiger partial charge in [0, 0.05) is 5.56 Å². The molecule has 1 aromatic heterocycles. The maximum Gasteiger partial charge on any atom is 0.259 e. The number of piperidine rings is 1. The first-order valence-corrected chi connectivity index (χ1v) is 8.21. The minimum absolute atomic E-state index is 0.269. The Labute approximate surface area is 138 Å². The summed E-state index contributed by atoms with van der Waals surface area (Å²) in [6, 6.07) is 12.3. The van der Waals surface area contributed by atoms with Gasteiger partial charge >= 0.3 is 0 Å². The third kappa shape index (κ3) is 2.83. The van der Waals surface area contributed by atoms with Crippen LogP contribution in [0.1, 0.15) is 24.3 Å². The summed E-state index contributed by atoms with van der Waals surface area (Å²) < 4.78 is 13.3. The molecule has 0 amide bonds. The van der Waals surface area contributed by atoms with Gasteiger partial charge in [-0.15, -0.1) is 0 Å². The van der Waals surface area contributed by atoms with E-state index in [9.17, 15) is 9.18 Å². The SMILES string of the molecule is O=c1[nH]c(-c2ccc(C3CCNCC3)cc2)nc2ccc(F)cc12. The van der Waals surface area contributed by atoms with Gasteiger partial charge in [-0.25, -0.2) is 9.37 Å². The highest BCUT2D eigenvalue weighted by atomic mass is 19.1. The van der Waals surface area contributed by atoms with Gasteiger partial charge < -0.3 is 10.3 Å². The van der Waals surface area contributed by atoms with Crippen LogP contribution in [0.4, 0.5) is 4.39 Å². The van der Waals surface area contributed by atoms with Gasteiger partial charge in [0.15, 0.2) is 0 Å². The number of nitrogens with zero attached hydrogens (tertiary/aromatic N) is 1. The van der Waals surface area contributed by atoms with Gasteiger partial charge in [-0.3, -0.25) is 4.79 Å². The van der Waals surface area contributed by atoms with E-state index < -0.39 is 5.82 Å². The third-order valence-electron chi connectivity index (χ3n) is 4.66. The summed E-state index contributed by atoms with van der Waals surface area (Å²) in [5, 5.41) is 3.64. The van der Waals surface area contributed by atoms with Crippen molar-refractivity contribution in [2.45, 2.75) is 18.8 Å². The van der Waals surface area contributed by atoms with E-state index in [1.807, 2.05) is 12.1 Å². The summed E-state index contributed by atoms with van der Waals surface area (Å²) in [4.78, 5) is 19.4. The predicted molar refractivity (Wildman–Crippen MR) is 92.6 cm³/mol. The molecule has 3 aromatic rings. The zero-order chi connectivity index (χ0) is 16.5. The third-order valence-corrected chi connectivity index (χ3v) is 4.66. The molecule has 1 fully saturated rings. The van der Waals surface area contributed by atoms with Crippen LogP contribution in [0.5, 0.6) is 0 Å². The second-order valence-corrected chi connectivity index (χ2v) is 6.22. The predicted octanol–water partition coefficient (Wildman–Crippen LogP) is 3.20. The molecule has 0 saturated carbocycles. The highest BCUT2D eigenvalue weighted by Gasteiger charge is 2.15. The molecule has 0 aliphatic carbocycles. The summed E-state index contributed by atoms with van der Waals surface area (Å²) in [6.07, 6.45) is 2.30. The summed E-state index contributed by atoms with van der Waals surface area (Å²) >= 11 is 0. The zero-order valence-electron chi connectivity index (χ0n) is 13.2. The minimum Gasteiger partial charge on any atom is -0.317 e. The molecule has 0 atom stereocenters. The van der Waals surface area contributed by atoms with Crippen LogP contribution in [0.15, 0.2) is 47.3 Å². The molecule has 5 heteroatoms. The van der Waals surface area contributed by atoms with Crippen molar-refractivity contribution in [1.82, 2.24) is 15.3 Å². The Morgan fingerprint density at radius 1 is 1.04 bits per heavy atom. The monoisotopic (exact) mass is 323 g/mol. The van der Waals surface area contributed by atoms with Crippen molar-refractivity contribution in [1.29, 1.82) is 0 Å². The lowest BCUT2D eigenvalue weighted by Crippen LogP contribution is -2.26. The van der Waals surface area contributed by atoms with E-state index in [1.165, 1.54) is 23.8 Å². The Kier molecular flexibility index (Phi) is 3.86. The lowest BCUT2D eigenvalue weighted by Gasteiger charge is -2.23. The van der Waals surface area contributed by atoms with Crippen LogP contribution in [0.2, 0.25) is 0 Å². The van der Waals surface area contributed by atoms with E-state index in [1.54, 1.807) is 0 Å². The zero-order valence-corrected chi connectivity index (χ0v) is 13.2. The number of aromatic nitrogens is 2. The van der Waals surface area contributed by atoms with Crippen molar-refractivity contribution >= 4 is 10.9 Å². The number of hydrogen-bond acceptors (Lipinski definition) is 3. The van der Waals surface area contributed by atoms with Crippen molar-refractivity contribution in [2.75, 3.05) is 13.1 Å². The van der Waals surface area contributed by atoms with Gasteiger partial charge in [0.25, 0.3) is 5.56 Å². The molecular formula is C19H18FN3O. The molecule has 122 valence electrons. The molecule has 1 saturated heterocycles. The van der Waals surface area contributed by atoms with E-state index in [4.69, 9.17) is 0 Å². The van der Waals surface area contributed by atoms with Crippen LogP contribution < -0.4 is 10.9 Å². The maximum atomic E-state index is 13.3. The van der Waals surface area contributed by atoms with Crippen molar-refractivity contribution in [3.05, 3.63) is 64.2 Å². The number of fused-ring (bicyclic) bond motifs is 1. The topological polar surface area (TPSA) is 57.8 Å². The number of halogens is 1. The lowest BCUT2D eigenvalue weighted by atomic mass is 9.90. The van der Waals surface area contributed by atoms with Crippen LogP contribution in [0.3, 0.4) is 0 Å². The van der Waals surface area contributed by atoms with Gasteiger partial charge in [0.05, 0.1) is 10.9 Å². The summed E-state index contributed by atoms with van der Waals surface area (Å²) in [7, 11) is 0. The van der Waals surface area contributed by atoms with Crippen molar-refractivity contribution in [2.24, 2.45) is 0 Å². The molecule has 0 unspecified atom stereocenters. The number of rotatable bonds is 2. The molecule has 2 aromatic carbocycles. The Hall–Kier alpha value is -2.53. The molecule has 0 bridgehead atoms. The highest BCUT2D eigenvalue weighted by Crippen LogP contribution is 2.27. The molecular weight excluding hydrogens is 305 g/mol. The summed E-state index contributed by atoms with van der Waals surface area (Å²) in [6.45, 7) is 2.12. The molecule has 0 radical (unpaired) electrons. The Bertz CT molecular complexity index is 927. The first-order chi connectivity index (χ1) is 11.7. The second-order valence-electron chi connectivity index (χ2n) is 6.22. The fourth-order valence-corrected chi connectivity index (χ4v) is 3.32. The highest BCUT2D eigenvalue weighted by molar-refractivity contribution is 5.79. The van der Waals surface area contributed by atoms with Crippen LogP contribution in [0.25, 0.3) is 22.3 Å². The Balaban J connectivity index is 1.69. The van der Waals surface area contributed by atoms with Gasteiger partial charge in [-0.1, -0.05) is 24.3 Å². The van der Waals surface area contributed by atoms with Crippen LogP contribution in [-0.2, 0) is 0 Å². The molecule has 4 rings (SSSR count). The summed E-state index contributed by atoms with van der Waals surface area (Å²) in [5.74, 6) is 0.664. The first kappa shape index (κ1) is 15.0. The molecule has 2 heterocycles. The number of H-pyrrole nitrogens is 1. The molecule has 0 spiro atoms. The van der Waals surface area contributed by atoms with Crippen LogP contribution in [-0.4, -0.2) is 23.1 Å². The number of benzene rings is 2. The fraction of sp³-hybridized carbons (Fsp3) is 0.263. The number of aromatic amines is 1. The van der Waals surface area contributed by atoms with E-state index in [0.717, 1.165) is 31.5 Å². The van der Waals surface area contributed by atoms with E-state index >= 15 is 0 Å². The van der Waals surface area contributed by atoms with E-state index in [0.29, 0.717) is 17.3 Å². The Morgan fingerprint density at radius 3 is 2.54 bits per heavy atom. The molecule has 1 aliphatic rings. The fourth-order valence-electron chi connectivity index (χ4n) is 3.32. The smallest absolute Gasteiger partial charge is 0.259 e. The minimum atomic E-state index is -0.436. The average Bonchev–Trinajstić information content (AvgIpc) is 2.63. The normalized spacial score (nSPS) is 15.7. The molecule has 1 aliphatic heterocycles. The van der Waals surface area contributed by atoms with E-state index in [-0.39, 0.29) is 10.9 Å². The van der Waals surface area contributed by atoms with Crippen molar-refractivity contribution in [3.8, 4) is 11.4 Å². The Morgan fingerprint density at radius 2 is 1.79 bits per heavy atom. The standard InChI is InChI=1S/C19H18FN3O/c20-15-5-6-17-16(11-15)19(24)23-18(22-17)14-3-1-12(2-4-14)13-7-9-21-10-8-13/h1-6,11,13,21H,7-10H2,(H,22,23,24). The molecule has 2 N–H and O–H groups in total. The molecule has 4 nitrogen and oxygen atoms in total. The van der Waals surface area contributed by atoms with Gasteiger partial charge in [0.2, 0.25) is 0 Å². The van der Waals surface area contributed by atoms with Gasteiger partial charge in [-0.05, 0) is 55.6 Å². The number of hydrogen-bond donors (Lipinski definition) is 2. The van der Waals surface area contributed by atoms with E-state index in [2.05, 4.69) is 27.4 Å². The van der Waals surface area contributed by atoms with Crippen LogP contribution >= 0.6 is 0 Å². The quantitative estimate of drug-likeness (QED) is 0.761. The van der Waals surface area contributed by atoms with Crippen LogP contribution in [0, 0.1) is 5.82 Å². The maximum absolute atomic E-state index is 13.3. The molecule has 24 heavy (non-hydrogen) atoms. The lowest BCUT2D eigenvalue weighted by molar-refractivity contribution is 0.460. The van der Waals surface area contributed by atoms with Crippen molar-refractivity contribution in [3.63, 3.8) is 0 Å².